The molecule has 2 heterocycles. The predicted molar refractivity (Wildman–Crippen MR) is 68.0 cm³/mol. The number of hydrogen-bond donors (Lipinski definition) is 2. The van der Waals surface area contributed by atoms with E-state index < -0.39 is 18.1 Å². The molecule has 1 aliphatic rings. The molecule has 1 aliphatic heterocycles. The molecule has 0 radical (unpaired) electrons. The van der Waals surface area contributed by atoms with Crippen LogP contribution in [0, 0.1) is 6.92 Å². The van der Waals surface area contributed by atoms with E-state index in [0.29, 0.717) is 18.8 Å². The maximum atomic E-state index is 11.1. The van der Waals surface area contributed by atoms with Crippen molar-refractivity contribution in [2.75, 3.05) is 13.7 Å². The van der Waals surface area contributed by atoms with E-state index in [1.165, 1.54) is 0 Å². The highest BCUT2D eigenvalue weighted by Crippen LogP contribution is 2.22. The van der Waals surface area contributed by atoms with E-state index in [0.717, 1.165) is 11.4 Å². The summed E-state index contributed by atoms with van der Waals surface area (Å²) in [6.45, 7) is 2.61. The van der Waals surface area contributed by atoms with Gasteiger partial charge in [-0.15, -0.1) is 0 Å². The van der Waals surface area contributed by atoms with Crippen LogP contribution in [0.3, 0.4) is 0 Å². The molecule has 6 nitrogen and oxygen atoms in total. The number of carboxylic acid groups (broad SMARTS) is 1. The summed E-state index contributed by atoms with van der Waals surface area (Å²) in [5, 5.41) is 18.7. The Kier molecular flexibility index (Phi) is 4.01. The molecule has 0 aromatic carbocycles. The molecule has 0 amide bonds. The molecule has 0 bridgehead atoms. The number of aliphatic hydroxyl groups excluding tert-OH is 1. The first-order chi connectivity index (χ1) is 8.99. The van der Waals surface area contributed by atoms with Crippen LogP contribution in [0.15, 0.2) is 12.1 Å². The lowest BCUT2D eigenvalue weighted by Gasteiger charge is -2.20. The zero-order valence-electron chi connectivity index (χ0n) is 11.0. The maximum absolute atomic E-state index is 11.1. The standard InChI is InChI=1S/C13H18N2O4/c1-8-3-11(19-2)4-9(14-8)6-15-7-10(16)5-12(15)13(17)18/h3-4,10,12,16H,5-7H2,1-2H3,(H,17,18). The Bertz CT molecular complexity index is 478. The smallest absolute Gasteiger partial charge is 0.321 e. The van der Waals surface area contributed by atoms with Crippen LogP contribution in [0.5, 0.6) is 5.75 Å². The number of β-amino-alcohol motifs (C(OH)–C–C–N with tert-alkyl or cyclic N) is 1. The van der Waals surface area contributed by atoms with Crippen molar-refractivity contribution in [3.05, 3.63) is 23.5 Å². The molecule has 0 saturated carbocycles. The summed E-state index contributed by atoms with van der Waals surface area (Å²) in [5.74, 6) is -0.203. The molecule has 6 heteroatoms. The molecular weight excluding hydrogens is 248 g/mol. The summed E-state index contributed by atoms with van der Waals surface area (Å²) < 4.78 is 5.17. The number of pyridine rings is 1. The summed E-state index contributed by atoms with van der Waals surface area (Å²) in [4.78, 5) is 17.2. The van der Waals surface area contributed by atoms with Gasteiger partial charge in [-0.25, -0.2) is 0 Å². The SMILES string of the molecule is COc1cc(C)nc(CN2CC(O)CC2C(=O)O)c1. The second-order valence-corrected chi connectivity index (χ2v) is 4.81. The lowest BCUT2D eigenvalue weighted by atomic mass is 10.2. The van der Waals surface area contributed by atoms with Crippen molar-refractivity contribution < 1.29 is 19.7 Å². The fourth-order valence-electron chi connectivity index (χ4n) is 2.42. The Morgan fingerprint density at radius 2 is 2.32 bits per heavy atom. The normalized spacial score (nSPS) is 23.5. The fourth-order valence-corrected chi connectivity index (χ4v) is 2.42. The third-order valence-corrected chi connectivity index (χ3v) is 3.25. The number of nitrogens with zero attached hydrogens (tertiary/aromatic N) is 2. The van der Waals surface area contributed by atoms with Gasteiger partial charge in [-0.05, 0) is 6.92 Å². The Balaban J connectivity index is 2.16. The minimum absolute atomic E-state index is 0.262. The molecule has 1 saturated heterocycles. The average molecular weight is 266 g/mol. The van der Waals surface area contributed by atoms with E-state index in [4.69, 9.17) is 9.84 Å². The highest BCUT2D eigenvalue weighted by Gasteiger charge is 2.36. The zero-order chi connectivity index (χ0) is 14.0. The molecule has 19 heavy (non-hydrogen) atoms. The van der Waals surface area contributed by atoms with Crippen molar-refractivity contribution in [2.45, 2.75) is 32.0 Å². The van der Waals surface area contributed by atoms with Crippen LogP contribution in [-0.2, 0) is 11.3 Å². The third-order valence-electron chi connectivity index (χ3n) is 3.25. The summed E-state index contributed by atoms with van der Waals surface area (Å²) in [5.41, 5.74) is 1.57. The summed E-state index contributed by atoms with van der Waals surface area (Å²) in [6, 6.07) is 2.96. The molecule has 104 valence electrons. The van der Waals surface area contributed by atoms with Gasteiger partial charge in [-0.1, -0.05) is 0 Å². The summed E-state index contributed by atoms with van der Waals surface area (Å²) in [7, 11) is 1.58. The minimum Gasteiger partial charge on any atom is -0.497 e. The number of aryl methyl sites for hydroxylation is 1. The van der Waals surface area contributed by atoms with E-state index in [1.807, 2.05) is 13.0 Å². The predicted octanol–water partition coefficient (Wildman–Crippen LogP) is 0.418. The number of hydrogen-bond acceptors (Lipinski definition) is 5. The van der Waals surface area contributed by atoms with Crippen molar-refractivity contribution in [1.82, 2.24) is 9.88 Å². The fraction of sp³-hybridized carbons (Fsp3) is 0.538. The summed E-state index contributed by atoms with van der Waals surface area (Å²) in [6.07, 6.45) is -0.328. The highest BCUT2D eigenvalue weighted by molar-refractivity contribution is 5.74. The quantitative estimate of drug-likeness (QED) is 0.821. The lowest BCUT2D eigenvalue weighted by molar-refractivity contribution is -0.142. The molecular formula is C13H18N2O4. The van der Waals surface area contributed by atoms with Gasteiger partial charge < -0.3 is 14.9 Å². The van der Waals surface area contributed by atoms with Gasteiger partial charge in [-0.3, -0.25) is 14.7 Å². The van der Waals surface area contributed by atoms with Gasteiger partial charge in [0.25, 0.3) is 0 Å². The van der Waals surface area contributed by atoms with Crippen molar-refractivity contribution in [3.63, 3.8) is 0 Å². The Labute approximate surface area is 111 Å². The molecule has 0 spiro atoms. The molecule has 2 atom stereocenters. The molecule has 1 aromatic rings. The molecule has 2 rings (SSSR count). The first-order valence-corrected chi connectivity index (χ1v) is 6.16. The van der Waals surface area contributed by atoms with Crippen LogP contribution in [-0.4, -0.2) is 51.9 Å². The first-order valence-electron chi connectivity index (χ1n) is 6.16. The van der Waals surface area contributed by atoms with E-state index in [2.05, 4.69) is 4.98 Å². The number of likely N-dealkylation sites (tertiary alicyclic amines) is 1. The summed E-state index contributed by atoms with van der Waals surface area (Å²) >= 11 is 0. The lowest BCUT2D eigenvalue weighted by Crippen LogP contribution is -2.35. The number of methoxy groups -OCH3 is 1. The van der Waals surface area contributed by atoms with Crippen LogP contribution in [0.2, 0.25) is 0 Å². The number of carboxylic acids is 1. The molecule has 2 N–H and O–H groups in total. The van der Waals surface area contributed by atoms with Gasteiger partial charge in [0.05, 0.1) is 18.9 Å². The Hall–Kier alpha value is -1.66. The van der Waals surface area contributed by atoms with Crippen molar-refractivity contribution in [1.29, 1.82) is 0 Å². The Morgan fingerprint density at radius 1 is 1.58 bits per heavy atom. The van der Waals surface area contributed by atoms with Gasteiger partial charge in [0.1, 0.15) is 11.8 Å². The second kappa shape index (κ2) is 5.54. The zero-order valence-corrected chi connectivity index (χ0v) is 11.0. The van der Waals surface area contributed by atoms with Gasteiger partial charge in [-0.2, -0.15) is 0 Å². The van der Waals surface area contributed by atoms with Crippen LogP contribution in [0.4, 0.5) is 0 Å². The highest BCUT2D eigenvalue weighted by atomic mass is 16.5. The minimum atomic E-state index is -0.906. The van der Waals surface area contributed by atoms with Crippen LogP contribution < -0.4 is 4.74 Å². The average Bonchev–Trinajstić information content (AvgIpc) is 2.69. The van der Waals surface area contributed by atoms with E-state index in [9.17, 15) is 9.90 Å². The number of rotatable bonds is 4. The number of aliphatic carboxylic acids is 1. The van der Waals surface area contributed by atoms with Gasteiger partial charge in [0, 0.05) is 37.3 Å². The molecule has 1 fully saturated rings. The van der Waals surface area contributed by atoms with Gasteiger partial charge in [0.15, 0.2) is 0 Å². The van der Waals surface area contributed by atoms with Gasteiger partial charge in [0.2, 0.25) is 0 Å². The third kappa shape index (κ3) is 3.21. The van der Waals surface area contributed by atoms with Crippen molar-refractivity contribution in [2.24, 2.45) is 0 Å². The Morgan fingerprint density at radius 3 is 2.95 bits per heavy atom. The topological polar surface area (TPSA) is 82.9 Å². The first kappa shape index (κ1) is 13.8. The van der Waals surface area contributed by atoms with E-state index in [1.54, 1.807) is 18.1 Å². The number of carbonyl (C=O) groups is 1. The second-order valence-electron chi connectivity index (χ2n) is 4.81. The number of aromatic nitrogens is 1. The monoisotopic (exact) mass is 266 g/mol. The van der Waals surface area contributed by atoms with Gasteiger partial charge >= 0.3 is 5.97 Å². The molecule has 0 aliphatic carbocycles. The number of ether oxygens (including phenoxy) is 1. The van der Waals surface area contributed by atoms with E-state index in [-0.39, 0.29) is 6.42 Å². The van der Waals surface area contributed by atoms with E-state index >= 15 is 0 Å². The largest absolute Gasteiger partial charge is 0.497 e. The van der Waals surface area contributed by atoms with Crippen LogP contribution in [0.25, 0.3) is 0 Å². The van der Waals surface area contributed by atoms with Crippen molar-refractivity contribution >= 4 is 5.97 Å². The van der Waals surface area contributed by atoms with Crippen LogP contribution >= 0.6 is 0 Å². The molecule has 2 unspecified atom stereocenters. The van der Waals surface area contributed by atoms with Crippen LogP contribution in [0.1, 0.15) is 17.8 Å². The number of aliphatic hydroxyl groups is 1. The maximum Gasteiger partial charge on any atom is 0.321 e. The van der Waals surface area contributed by atoms with Crippen molar-refractivity contribution in [3.8, 4) is 5.75 Å². The molecule has 1 aromatic heterocycles.